The molecule has 0 fully saturated rings. The Kier molecular flexibility index (Phi) is 12.3. The summed E-state index contributed by atoms with van der Waals surface area (Å²) in [6, 6.07) is 0. The number of rotatable bonds is 14. The maximum absolute atomic E-state index is 10.8. The van der Waals surface area contributed by atoms with E-state index in [1.165, 1.54) is 32.1 Å². The second-order valence-electron chi connectivity index (χ2n) is 6.15. The van der Waals surface area contributed by atoms with Gasteiger partial charge in [-0.05, 0) is 26.2 Å². The molecule has 0 aromatic carbocycles. The Morgan fingerprint density at radius 3 is 1.57 bits per heavy atom. The molecule has 128 valence electrons. The van der Waals surface area contributed by atoms with E-state index in [1.54, 1.807) is 6.92 Å². The van der Waals surface area contributed by atoms with E-state index in [1.807, 2.05) is 6.92 Å². The van der Waals surface area contributed by atoms with Crippen LogP contribution < -0.4 is 0 Å². The maximum Gasteiger partial charge on any atom is 0.267 e. The summed E-state index contributed by atoms with van der Waals surface area (Å²) < 4.78 is 30.5. The highest BCUT2D eigenvalue weighted by Gasteiger charge is 2.15. The monoisotopic (exact) mass is 322 g/mol. The van der Waals surface area contributed by atoms with Gasteiger partial charge in [0.05, 0.1) is 11.4 Å². The lowest BCUT2D eigenvalue weighted by molar-refractivity contribution is 0.156. The fraction of sp³-hybridized carbons (Fsp3) is 1.00. The van der Waals surface area contributed by atoms with Gasteiger partial charge in [0.15, 0.2) is 0 Å². The highest BCUT2D eigenvalue weighted by atomic mass is 32.2. The third kappa shape index (κ3) is 13.3. The molecule has 0 aliphatic rings. The summed E-state index contributed by atoms with van der Waals surface area (Å²) in [4.78, 5) is 0. The highest BCUT2D eigenvalue weighted by Crippen LogP contribution is 2.14. The summed E-state index contributed by atoms with van der Waals surface area (Å²) in [6.45, 7) is 3.58. The molecule has 2 unspecified atom stereocenters. The summed E-state index contributed by atoms with van der Waals surface area (Å²) in [5, 5.41) is 8.79. The third-order valence-corrected chi connectivity index (χ3v) is 5.38. The van der Waals surface area contributed by atoms with Gasteiger partial charge < -0.3 is 5.11 Å². The van der Waals surface area contributed by atoms with Crippen molar-refractivity contribution in [1.29, 1.82) is 0 Å². The first-order chi connectivity index (χ1) is 9.88. The maximum atomic E-state index is 10.8. The van der Waals surface area contributed by atoms with Crippen LogP contribution in [0.15, 0.2) is 0 Å². The molecule has 0 aromatic rings. The lowest BCUT2D eigenvalue weighted by Crippen LogP contribution is -2.16. The van der Waals surface area contributed by atoms with Crippen molar-refractivity contribution < 1.29 is 18.1 Å². The Balaban J connectivity index is 3.23. The van der Waals surface area contributed by atoms with Gasteiger partial charge in [0.2, 0.25) is 0 Å². The predicted molar refractivity (Wildman–Crippen MR) is 88.1 cm³/mol. The Morgan fingerprint density at radius 2 is 1.19 bits per heavy atom. The average Bonchev–Trinajstić information content (AvgIpc) is 2.43. The molecule has 4 nitrogen and oxygen atoms in total. The van der Waals surface area contributed by atoms with Gasteiger partial charge >= 0.3 is 0 Å². The van der Waals surface area contributed by atoms with E-state index < -0.39 is 15.4 Å². The van der Waals surface area contributed by atoms with Gasteiger partial charge in [0, 0.05) is 0 Å². The van der Waals surface area contributed by atoms with Crippen molar-refractivity contribution in [2.45, 2.75) is 102 Å². The van der Waals surface area contributed by atoms with Crippen LogP contribution in [0.2, 0.25) is 0 Å². The smallest absolute Gasteiger partial charge is 0.267 e. The van der Waals surface area contributed by atoms with E-state index >= 15 is 0 Å². The van der Waals surface area contributed by atoms with E-state index in [9.17, 15) is 13.5 Å². The number of unbranched alkanes of at least 4 members (excludes halogenated alkanes) is 8. The average molecular weight is 323 g/mol. The molecule has 0 aromatic heterocycles. The van der Waals surface area contributed by atoms with Crippen molar-refractivity contribution in [3.8, 4) is 0 Å². The van der Waals surface area contributed by atoms with Crippen molar-refractivity contribution in [2.24, 2.45) is 0 Å². The Bertz CT molecular complexity index is 327. The predicted octanol–water partition coefficient (Wildman–Crippen LogP) is 4.32. The van der Waals surface area contributed by atoms with Crippen LogP contribution in [0.1, 0.15) is 90.9 Å². The molecule has 0 amide bonds. The van der Waals surface area contributed by atoms with E-state index in [4.69, 9.17) is 4.55 Å². The second kappa shape index (κ2) is 12.4. The minimum absolute atomic E-state index is 0.116. The number of hydrogen-bond donors (Lipinski definition) is 2. The number of aliphatic hydroxyl groups is 1. The first-order valence-electron chi connectivity index (χ1n) is 8.52. The summed E-state index contributed by atoms with van der Waals surface area (Å²) >= 11 is 0. The molecule has 0 saturated heterocycles. The van der Waals surface area contributed by atoms with Gasteiger partial charge in [-0.15, -0.1) is 0 Å². The molecular weight excluding hydrogens is 288 g/mol. The van der Waals surface area contributed by atoms with Gasteiger partial charge in [-0.2, -0.15) is 8.42 Å². The van der Waals surface area contributed by atoms with Crippen LogP contribution in [0, 0.1) is 0 Å². The molecule has 0 aliphatic carbocycles. The van der Waals surface area contributed by atoms with E-state index in [0.29, 0.717) is 6.42 Å². The van der Waals surface area contributed by atoms with Crippen molar-refractivity contribution in [2.75, 3.05) is 0 Å². The van der Waals surface area contributed by atoms with Crippen LogP contribution in [-0.2, 0) is 10.1 Å². The minimum Gasteiger partial charge on any atom is -0.393 e. The van der Waals surface area contributed by atoms with Crippen LogP contribution in [0.4, 0.5) is 0 Å². The van der Waals surface area contributed by atoms with Gasteiger partial charge in [-0.1, -0.05) is 64.7 Å². The molecule has 0 heterocycles. The van der Waals surface area contributed by atoms with Gasteiger partial charge in [-0.25, -0.2) is 0 Å². The Morgan fingerprint density at radius 1 is 0.810 bits per heavy atom. The molecule has 2 atom stereocenters. The van der Waals surface area contributed by atoms with Crippen LogP contribution in [0.25, 0.3) is 0 Å². The molecule has 0 rings (SSSR count). The Hall–Kier alpha value is -0.130. The fourth-order valence-corrected chi connectivity index (χ4v) is 2.87. The summed E-state index contributed by atoms with van der Waals surface area (Å²) in [5.41, 5.74) is 0. The topological polar surface area (TPSA) is 74.6 Å². The second-order valence-corrected chi connectivity index (χ2v) is 7.98. The summed E-state index contributed by atoms with van der Waals surface area (Å²) in [7, 11) is -3.84. The molecule has 0 aliphatic heterocycles. The van der Waals surface area contributed by atoms with Crippen LogP contribution >= 0.6 is 0 Å². The fourth-order valence-electron chi connectivity index (χ4n) is 2.40. The van der Waals surface area contributed by atoms with Crippen LogP contribution in [-0.4, -0.2) is 29.4 Å². The lowest BCUT2D eigenvalue weighted by Gasteiger charge is -2.08. The lowest BCUT2D eigenvalue weighted by atomic mass is 10.0. The first-order valence-corrected chi connectivity index (χ1v) is 10.0. The Labute approximate surface area is 131 Å². The SMILES string of the molecule is CCC(O)CCCCCCCCCCCC(C)S(=O)(=O)O. The first kappa shape index (κ1) is 20.9. The van der Waals surface area contributed by atoms with Gasteiger partial charge in [-0.3, -0.25) is 4.55 Å². The van der Waals surface area contributed by atoms with Crippen molar-refractivity contribution in [3.63, 3.8) is 0 Å². The largest absolute Gasteiger partial charge is 0.393 e. The number of aliphatic hydroxyl groups excluding tert-OH is 1. The molecule has 21 heavy (non-hydrogen) atoms. The zero-order valence-electron chi connectivity index (χ0n) is 13.8. The summed E-state index contributed by atoms with van der Waals surface area (Å²) in [5.74, 6) is 0. The minimum atomic E-state index is -3.84. The zero-order valence-corrected chi connectivity index (χ0v) is 14.6. The standard InChI is InChI=1S/C16H34O4S/c1-3-16(17)14-12-10-8-6-4-5-7-9-11-13-15(2)21(18,19)20/h15-17H,3-14H2,1-2H3,(H,18,19,20). The molecule has 0 radical (unpaired) electrons. The molecule has 0 saturated carbocycles. The molecule has 5 heteroatoms. The van der Waals surface area contributed by atoms with E-state index in [0.717, 1.165) is 38.5 Å². The summed E-state index contributed by atoms with van der Waals surface area (Å²) in [6.07, 6.45) is 12.6. The molecule has 0 bridgehead atoms. The molecular formula is C16H34O4S. The normalized spacial score (nSPS) is 15.0. The van der Waals surface area contributed by atoms with Crippen LogP contribution in [0.3, 0.4) is 0 Å². The van der Waals surface area contributed by atoms with E-state index in [2.05, 4.69) is 0 Å². The third-order valence-electron chi connectivity index (χ3n) is 4.13. The van der Waals surface area contributed by atoms with Crippen molar-refractivity contribution in [1.82, 2.24) is 0 Å². The van der Waals surface area contributed by atoms with Gasteiger partial charge in [0.25, 0.3) is 10.1 Å². The zero-order chi connectivity index (χ0) is 16.1. The van der Waals surface area contributed by atoms with Crippen molar-refractivity contribution in [3.05, 3.63) is 0 Å². The highest BCUT2D eigenvalue weighted by molar-refractivity contribution is 7.86. The van der Waals surface area contributed by atoms with Crippen LogP contribution in [0.5, 0.6) is 0 Å². The molecule has 2 N–H and O–H groups in total. The van der Waals surface area contributed by atoms with E-state index in [-0.39, 0.29) is 6.10 Å². The van der Waals surface area contributed by atoms with Gasteiger partial charge in [0.1, 0.15) is 0 Å². The molecule has 0 spiro atoms. The quantitative estimate of drug-likeness (QED) is 0.369. The van der Waals surface area contributed by atoms with Crippen molar-refractivity contribution >= 4 is 10.1 Å². The number of hydrogen-bond acceptors (Lipinski definition) is 3.